The van der Waals surface area contributed by atoms with E-state index in [1.165, 1.54) is 11.1 Å². The summed E-state index contributed by atoms with van der Waals surface area (Å²) in [4.78, 5) is 0. The Hall–Kier alpha value is -0.580. The van der Waals surface area contributed by atoms with Crippen LogP contribution >= 0.6 is 31.9 Å². The van der Waals surface area contributed by atoms with Crippen LogP contribution in [0.25, 0.3) is 0 Å². The summed E-state index contributed by atoms with van der Waals surface area (Å²) < 4.78 is 7.69. The first kappa shape index (κ1) is 13.8. The Kier molecular flexibility index (Phi) is 4.65. The predicted molar refractivity (Wildman–Crippen MR) is 80.8 cm³/mol. The lowest BCUT2D eigenvalue weighted by Gasteiger charge is -2.19. The molecule has 0 radical (unpaired) electrons. The van der Waals surface area contributed by atoms with E-state index in [1.54, 1.807) is 6.26 Å². The lowest BCUT2D eigenvalue weighted by atomic mass is 9.99. The molecule has 0 amide bonds. The van der Waals surface area contributed by atoms with E-state index in [9.17, 15) is 0 Å². The Bertz CT molecular complexity index is 536. The van der Waals surface area contributed by atoms with Crippen LogP contribution in [0.2, 0.25) is 0 Å². The van der Waals surface area contributed by atoms with E-state index >= 15 is 0 Å². The number of nitrogens with one attached hydrogen (secondary N) is 1. The zero-order chi connectivity index (χ0) is 13.1. The fourth-order valence-electron chi connectivity index (χ4n) is 2.02. The van der Waals surface area contributed by atoms with Crippen molar-refractivity contribution in [3.05, 3.63) is 56.4 Å². The number of hydrogen-bond donors (Lipinski definition) is 1. The molecule has 1 aromatic heterocycles. The average molecular weight is 373 g/mol. The molecule has 2 aromatic rings. The number of halogens is 2. The molecule has 0 bridgehead atoms. The topological polar surface area (TPSA) is 25.2 Å². The minimum Gasteiger partial charge on any atom is -0.466 e. The van der Waals surface area contributed by atoms with E-state index < -0.39 is 0 Å². The molecule has 4 heteroatoms. The Morgan fingerprint density at radius 1 is 1.28 bits per heavy atom. The summed E-state index contributed by atoms with van der Waals surface area (Å²) in [5.74, 6) is 0.919. The van der Waals surface area contributed by atoms with E-state index in [4.69, 9.17) is 4.42 Å². The minimum atomic E-state index is 0.0764. The Morgan fingerprint density at radius 2 is 2.06 bits per heavy atom. The largest absolute Gasteiger partial charge is 0.466 e. The van der Waals surface area contributed by atoms with Crippen LogP contribution < -0.4 is 5.32 Å². The fraction of sp³-hybridized carbons (Fsp3) is 0.286. The van der Waals surface area contributed by atoms with Gasteiger partial charge in [-0.15, -0.1) is 0 Å². The van der Waals surface area contributed by atoms with Gasteiger partial charge in [-0.2, -0.15) is 0 Å². The van der Waals surface area contributed by atoms with Gasteiger partial charge in [-0.05, 0) is 58.7 Å². The number of benzene rings is 1. The minimum absolute atomic E-state index is 0.0764. The van der Waals surface area contributed by atoms with Crippen molar-refractivity contribution in [2.45, 2.75) is 19.9 Å². The van der Waals surface area contributed by atoms with Crippen molar-refractivity contribution >= 4 is 31.9 Å². The molecular weight excluding hydrogens is 358 g/mol. The predicted octanol–water partition coefficient (Wildman–Crippen LogP) is 4.81. The van der Waals surface area contributed by atoms with Gasteiger partial charge in [0.05, 0.1) is 16.8 Å². The number of rotatable bonds is 4. The van der Waals surface area contributed by atoms with Gasteiger partial charge < -0.3 is 9.73 Å². The summed E-state index contributed by atoms with van der Waals surface area (Å²) in [5, 5.41) is 3.46. The highest BCUT2D eigenvalue weighted by Crippen LogP contribution is 2.32. The van der Waals surface area contributed by atoms with Gasteiger partial charge in [-0.25, -0.2) is 0 Å². The van der Waals surface area contributed by atoms with Gasteiger partial charge in [0.2, 0.25) is 0 Å². The first-order chi connectivity index (χ1) is 8.63. The van der Waals surface area contributed by atoms with Gasteiger partial charge in [-0.3, -0.25) is 0 Å². The second-order valence-corrected chi connectivity index (χ2v) is 5.89. The monoisotopic (exact) mass is 371 g/mol. The molecule has 0 saturated heterocycles. The van der Waals surface area contributed by atoms with E-state index in [2.05, 4.69) is 69.2 Å². The lowest BCUT2D eigenvalue weighted by molar-refractivity contribution is 0.449. The Balaban J connectivity index is 2.45. The van der Waals surface area contributed by atoms with E-state index in [0.29, 0.717) is 0 Å². The summed E-state index contributed by atoms with van der Waals surface area (Å²) in [6.45, 7) is 5.09. The van der Waals surface area contributed by atoms with Gasteiger partial charge in [-0.1, -0.05) is 28.9 Å². The highest BCUT2D eigenvalue weighted by molar-refractivity contribution is 9.10. The van der Waals surface area contributed by atoms with Gasteiger partial charge in [0, 0.05) is 4.47 Å². The molecule has 96 valence electrons. The summed E-state index contributed by atoms with van der Waals surface area (Å²) in [7, 11) is 0. The molecule has 1 atom stereocenters. The number of hydrogen-bond acceptors (Lipinski definition) is 2. The molecule has 1 N–H and O–H groups in total. The van der Waals surface area contributed by atoms with Crippen LogP contribution in [0.1, 0.15) is 29.9 Å². The molecule has 0 fully saturated rings. The Labute approximate surface area is 124 Å². The first-order valence-electron chi connectivity index (χ1n) is 5.85. The molecule has 18 heavy (non-hydrogen) atoms. The summed E-state index contributed by atoms with van der Waals surface area (Å²) in [5.41, 5.74) is 2.47. The second kappa shape index (κ2) is 6.04. The second-order valence-electron chi connectivity index (χ2n) is 4.12. The van der Waals surface area contributed by atoms with Crippen molar-refractivity contribution in [2.24, 2.45) is 0 Å². The SMILES string of the molecule is CCNC(c1ccc(Br)cc1C)c1occc1Br. The quantitative estimate of drug-likeness (QED) is 0.832. The van der Waals surface area contributed by atoms with Gasteiger partial charge >= 0.3 is 0 Å². The molecule has 0 saturated carbocycles. The van der Waals surface area contributed by atoms with E-state index in [1.807, 2.05) is 6.07 Å². The number of furan rings is 1. The van der Waals surface area contributed by atoms with Crippen LogP contribution in [0.3, 0.4) is 0 Å². The highest BCUT2D eigenvalue weighted by Gasteiger charge is 2.20. The van der Waals surface area contributed by atoms with Crippen LogP contribution in [0.15, 0.2) is 43.9 Å². The van der Waals surface area contributed by atoms with Crippen LogP contribution in [-0.4, -0.2) is 6.54 Å². The summed E-state index contributed by atoms with van der Waals surface area (Å²) in [6, 6.07) is 8.31. The molecule has 2 nitrogen and oxygen atoms in total. The summed E-state index contributed by atoms with van der Waals surface area (Å²) >= 11 is 7.02. The first-order valence-corrected chi connectivity index (χ1v) is 7.44. The van der Waals surface area contributed by atoms with Crippen LogP contribution in [0, 0.1) is 6.92 Å². The van der Waals surface area contributed by atoms with E-state index in [-0.39, 0.29) is 6.04 Å². The van der Waals surface area contributed by atoms with Gasteiger partial charge in [0.1, 0.15) is 5.76 Å². The smallest absolute Gasteiger partial charge is 0.139 e. The van der Waals surface area contributed by atoms with Crippen molar-refractivity contribution in [3.63, 3.8) is 0 Å². The molecule has 0 spiro atoms. The zero-order valence-corrected chi connectivity index (χ0v) is 13.5. The third-order valence-electron chi connectivity index (χ3n) is 2.86. The maximum absolute atomic E-state index is 5.60. The lowest BCUT2D eigenvalue weighted by Crippen LogP contribution is -2.22. The van der Waals surface area contributed by atoms with Crippen LogP contribution in [0.4, 0.5) is 0 Å². The van der Waals surface area contributed by atoms with E-state index in [0.717, 1.165) is 21.3 Å². The maximum Gasteiger partial charge on any atom is 0.139 e. The van der Waals surface area contributed by atoms with Crippen molar-refractivity contribution in [1.82, 2.24) is 5.32 Å². The molecule has 1 unspecified atom stereocenters. The fourth-order valence-corrected chi connectivity index (χ4v) is 2.93. The normalized spacial score (nSPS) is 12.7. The molecule has 1 heterocycles. The zero-order valence-electron chi connectivity index (χ0n) is 10.3. The van der Waals surface area contributed by atoms with Crippen LogP contribution in [-0.2, 0) is 0 Å². The maximum atomic E-state index is 5.60. The third-order valence-corrected chi connectivity index (χ3v) is 4.01. The highest BCUT2D eigenvalue weighted by atomic mass is 79.9. The van der Waals surface area contributed by atoms with Crippen LogP contribution in [0.5, 0.6) is 0 Å². The summed E-state index contributed by atoms with van der Waals surface area (Å²) in [6.07, 6.45) is 1.71. The Morgan fingerprint density at radius 3 is 2.61 bits per heavy atom. The van der Waals surface area contributed by atoms with Crippen molar-refractivity contribution in [2.75, 3.05) is 6.54 Å². The van der Waals surface area contributed by atoms with Gasteiger partial charge in [0.15, 0.2) is 0 Å². The molecule has 1 aromatic carbocycles. The third kappa shape index (κ3) is 2.87. The van der Waals surface area contributed by atoms with Crippen molar-refractivity contribution in [3.8, 4) is 0 Å². The van der Waals surface area contributed by atoms with Crippen molar-refractivity contribution < 1.29 is 4.42 Å². The molecular formula is C14H15Br2NO. The average Bonchev–Trinajstić information content (AvgIpc) is 2.73. The number of aryl methyl sites for hydroxylation is 1. The molecule has 0 aliphatic heterocycles. The van der Waals surface area contributed by atoms with Crippen molar-refractivity contribution in [1.29, 1.82) is 0 Å². The van der Waals surface area contributed by atoms with Gasteiger partial charge in [0.25, 0.3) is 0 Å². The molecule has 0 aliphatic carbocycles. The standard InChI is InChI=1S/C14H15Br2NO/c1-3-17-13(14-12(16)6-7-18-14)11-5-4-10(15)8-9(11)2/h4-8,13,17H,3H2,1-2H3. The molecule has 2 rings (SSSR count). The molecule has 0 aliphatic rings.